The largest absolute Gasteiger partial charge is 0.373 e. The average Bonchev–Trinajstić information content (AvgIpc) is 3.43. The molecule has 2 atom stereocenters. The maximum atomic E-state index is 13.5. The summed E-state index contributed by atoms with van der Waals surface area (Å²) in [6.45, 7) is 0.357. The van der Waals surface area contributed by atoms with E-state index in [1.54, 1.807) is 11.6 Å². The predicted molar refractivity (Wildman–Crippen MR) is 98.6 cm³/mol. The Hall–Kier alpha value is -3.47. The van der Waals surface area contributed by atoms with Gasteiger partial charge in [0.05, 0.1) is 19.0 Å². The van der Waals surface area contributed by atoms with Gasteiger partial charge in [-0.3, -0.25) is 9.36 Å². The van der Waals surface area contributed by atoms with E-state index < -0.39 is 17.7 Å². The molecule has 0 radical (unpaired) electrons. The fraction of sp³-hybridized carbons (Fsp3) is 0.316. The summed E-state index contributed by atoms with van der Waals surface area (Å²) in [5, 5.41) is 3.99. The van der Waals surface area contributed by atoms with Gasteiger partial charge in [0.1, 0.15) is 24.5 Å². The first-order chi connectivity index (χ1) is 14.5. The topological polar surface area (TPSA) is 101 Å². The number of hydrogen-bond acceptors (Lipinski definition) is 7. The van der Waals surface area contributed by atoms with Gasteiger partial charge in [-0.15, -0.1) is 0 Å². The zero-order chi connectivity index (χ0) is 20.8. The van der Waals surface area contributed by atoms with Crippen LogP contribution in [0, 0.1) is 11.6 Å². The highest BCUT2D eigenvalue weighted by atomic mass is 19.1. The molecule has 3 aromatic heterocycles. The van der Waals surface area contributed by atoms with Crippen molar-refractivity contribution in [1.29, 1.82) is 0 Å². The molecule has 154 valence electrons. The van der Waals surface area contributed by atoms with Gasteiger partial charge in [-0.05, 0) is 24.1 Å². The lowest BCUT2D eigenvalue weighted by Crippen LogP contribution is -2.22. The molecule has 4 heterocycles. The third kappa shape index (κ3) is 3.26. The van der Waals surface area contributed by atoms with Crippen LogP contribution in [0.3, 0.4) is 0 Å². The van der Waals surface area contributed by atoms with Crippen LogP contribution in [0.5, 0.6) is 0 Å². The highest BCUT2D eigenvalue weighted by Crippen LogP contribution is 2.37. The molecule has 0 spiro atoms. The molecule has 0 unspecified atom stereocenters. The molecule has 4 aromatic rings. The van der Waals surface area contributed by atoms with E-state index in [4.69, 9.17) is 9.26 Å². The van der Waals surface area contributed by atoms with E-state index in [0.717, 1.165) is 6.07 Å². The normalized spacial score (nSPS) is 19.0. The number of aromatic nitrogens is 6. The fourth-order valence-corrected chi connectivity index (χ4v) is 3.63. The van der Waals surface area contributed by atoms with Crippen LogP contribution in [0.15, 0.2) is 40.2 Å². The number of benzene rings is 1. The van der Waals surface area contributed by atoms with Gasteiger partial charge in [-0.2, -0.15) is 4.98 Å². The summed E-state index contributed by atoms with van der Waals surface area (Å²) in [4.78, 5) is 25.2. The van der Waals surface area contributed by atoms with Crippen LogP contribution in [0.2, 0.25) is 0 Å². The Morgan fingerprint density at radius 1 is 1.17 bits per heavy atom. The molecular formula is C19H16F2N6O3. The van der Waals surface area contributed by atoms with Crippen LogP contribution in [-0.2, 0) is 18.3 Å². The second kappa shape index (κ2) is 7.10. The summed E-state index contributed by atoms with van der Waals surface area (Å²) in [6, 6.07) is 3.33. The van der Waals surface area contributed by atoms with Crippen molar-refractivity contribution in [1.82, 2.24) is 29.2 Å². The van der Waals surface area contributed by atoms with Crippen LogP contribution < -0.4 is 5.56 Å². The number of halogens is 2. The van der Waals surface area contributed by atoms with E-state index in [1.807, 2.05) is 0 Å². The predicted octanol–water partition coefficient (Wildman–Crippen LogP) is 2.08. The van der Waals surface area contributed by atoms with Gasteiger partial charge in [0, 0.05) is 19.0 Å². The van der Waals surface area contributed by atoms with Crippen molar-refractivity contribution in [2.24, 2.45) is 7.05 Å². The third-order valence-electron chi connectivity index (χ3n) is 5.11. The lowest BCUT2D eigenvalue weighted by Gasteiger charge is -2.09. The van der Waals surface area contributed by atoms with Crippen LogP contribution >= 0.6 is 0 Å². The van der Waals surface area contributed by atoms with E-state index >= 15 is 0 Å². The van der Waals surface area contributed by atoms with Gasteiger partial charge in [-0.1, -0.05) is 5.16 Å². The SMILES string of the molecule is Cn1cnc2ncn(Cc3nc([C@@H]4CO[C@@H](c5cc(F)cc(F)c5)C4)no3)c(=O)c21. The fourth-order valence-electron chi connectivity index (χ4n) is 3.63. The van der Waals surface area contributed by atoms with Crippen LogP contribution in [0.25, 0.3) is 11.2 Å². The molecule has 0 saturated carbocycles. The molecule has 30 heavy (non-hydrogen) atoms. The Morgan fingerprint density at radius 2 is 1.93 bits per heavy atom. The molecule has 0 N–H and O–H groups in total. The smallest absolute Gasteiger partial charge is 0.280 e. The number of rotatable bonds is 4. The molecule has 1 aliphatic heterocycles. The number of fused-ring (bicyclic) bond motifs is 1. The zero-order valence-electron chi connectivity index (χ0n) is 15.8. The number of imidazole rings is 1. The minimum absolute atomic E-state index is 0.0616. The second-order valence-electron chi connectivity index (χ2n) is 7.21. The standard InChI is InChI=1S/C19H16F2N6O3/c1-26-8-22-18-16(26)19(28)27(9-23-18)6-15-24-17(25-30-15)11-4-14(29-7-11)10-2-12(20)5-13(21)3-10/h2-3,5,8-9,11,14H,4,6-7H2,1H3/t11-,14+/m0/s1. The molecule has 11 heteroatoms. The zero-order valence-corrected chi connectivity index (χ0v) is 15.8. The Balaban J connectivity index is 1.33. The highest BCUT2D eigenvalue weighted by Gasteiger charge is 2.31. The summed E-state index contributed by atoms with van der Waals surface area (Å²) in [5.41, 5.74) is 0.914. The Labute approximate surface area is 167 Å². The lowest BCUT2D eigenvalue weighted by molar-refractivity contribution is 0.109. The highest BCUT2D eigenvalue weighted by molar-refractivity contribution is 5.68. The molecule has 1 aromatic carbocycles. The first kappa shape index (κ1) is 18.6. The molecule has 1 aliphatic rings. The molecule has 9 nitrogen and oxygen atoms in total. The van der Waals surface area contributed by atoms with Crippen LogP contribution in [-0.4, -0.2) is 35.8 Å². The monoisotopic (exact) mass is 414 g/mol. The van der Waals surface area contributed by atoms with E-state index in [9.17, 15) is 13.6 Å². The summed E-state index contributed by atoms with van der Waals surface area (Å²) >= 11 is 0. The van der Waals surface area contributed by atoms with Crippen molar-refractivity contribution < 1.29 is 18.0 Å². The Morgan fingerprint density at radius 3 is 2.73 bits per heavy atom. The second-order valence-corrected chi connectivity index (χ2v) is 7.21. The minimum atomic E-state index is -0.650. The van der Waals surface area contributed by atoms with E-state index in [0.29, 0.717) is 35.6 Å². The van der Waals surface area contributed by atoms with Crippen molar-refractivity contribution in [3.8, 4) is 0 Å². The first-order valence-electron chi connectivity index (χ1n) is 9.24. The molecule has 1 fully saturated rings. The summed E-state index contributed by atoms with van der Waals surface area (Å²) in [5.74, 6) is -0.817. The maximum absolute atomic E-state index is 13.5. The molecule has 1 saturated heterocycles. The van der Waals surface area contributed by atoms with Crippen molar-refractivity contribution in [2.45, 2.75) is 25.0 Å². The average molecular weight is 414 g/mol. The van der Waals surface area contributed by atoms with Gasteiger partial charge in [0.15, 0.2) is 17.0 Å². The molecule has 0 amide bonds. The van der Waals surface area contributed by atoms with Gasteiger partial charge >= 0.3 is 0 Å². The Bertz CT molecular complexity index is 1280. The molecule has 0 bridgehead atoms. The van der Waals surface area contributed by atoms with Crippen molar-refractivity contribution >= 4 is 11.2 Å². The Kier molecular flexibility index (Phi) is 4.39. The summed E-state index contributed by atoms with van der Waals surface area (Å²) < 4.78 is 40.9. The van der Waals surface area contributed by atoms with E-state index in [2.05, 4.69) is 20.1 Å². The number of ether oxygens (including phenoxy) is 1. The van der Waals surface area contributed by atoms with Gasteiger partial charge in [0.25, 0.3) is 5.56 Å². The van der Waals surface area contributed by atoms with E-state index in [-0.39, 0.29) is 23.9 Å². The van der Waals surface area contributed by atoms with Gasteiger partial charge < -0.3 is 13.8 Å². The molecule has 5 rings (SSSR count). The quantitative estimate of drug-likeness (QED) is 0.504. The minimum Gasteiger partial charge on any atom is -0.373 e. The summed E-state index contributed by atoms with van der Waals surface area (Å²) in [7, 11) is 1.72. The van der Waals surface area contributed by atoms with Crippen molar-refractivity contribution in [3.63, 3.8) is 0 Å². The van der Waals surface area contributed by atoms with Crippen molar-refractivity contribution in [3.05, 3.63) is 70.1 Å². The van der Waals surface area contributed by atoms with Crippen LogP contribution in [0.1, 0.15) is 35.7 Å². The van der Waals surface area contributed by atoms with Gasteiger partial charge in [-0.25, -0.2) is 18.7 Å². The maximum Gasteiger partial charge on any atom is 0.280 e. The lowest BCUT2D eigenvalue weighted by atomic mass is 10.00. The number of aryl methyl sites for hydroxylation is 1. The van der Waals surface area contributed by atoms with E-state index in [1.165, 1.54) is 29.4 Å². The molecule has 0 aliphatic carbocycles. The van der Waals surface area contributed by atoms with Gasteiger partial charge in [0.2, 0.25) is 5.89 Å². The number of nitrogens with zero attached hydrogens (tertiary/aromatic N) is 6. The number of hydrogen-bond donors (Lipinski definition) is 0. The third-order valence-corrected chi connectivity index (χ3v) is 5.11. The van der Waals surface area contributed by atoms with Crippen LogP contribution in [0.4, 0.5) is 8.78 Å². The van der Waals surface area contributed by atoms with Crippen molar-refractivity contribution in [2.75, 3.05) is 6.61 Å². The first-order valence-corrected chi connectivity index (χ1v) is 9.24. The summed E-state index contributed by atoms with van der Waals surface area (Å²) in [6.07, 6.45) is 2.91. The molecular weight excluding hydrogens is 398 g/mol.